The second-order valence-corrected chi connectivity index (χ2v) is 9.29. The Hall–Kier alpha value is -2.52. The Kier molecular flexibility index (Phi) is 18.1. The molecule has 1 rings (SSSR count). The third-order valence-electron chi connectivity index (χ3n) is 3.71. The summed E-state index contributed by atoms with van der Waals surface area (Å²) < 4.78 is 24.9. The molecule has 0 radical (unpaired) electrons. The van der Waals surface area contributed by atoms with E-state index < -0.39 is 8.80 Å². The molecule has 0 aromatic heterocycles. The molecule has 0 aliphatic carbocycles. The summed E-state index contributed by atoms with van der Waals surface area (Å²) in [5.41, 5.74) is 2.00. The highest BCUT2D eigenvalue weighted by molar-refractivity contribution is 6.60. The molecule has 0 saturated carbocycles. The number of ether oxygens (including phenoxy) is 2. The van der Waals surface area contributed by atoms with Crippen LogP contribution in [-0.2, 0) is 32.3 Å². The minimum absolute atomic E-state index is 0.316. The van der Waals surface area contributed by atoms with E-state index in [1.54, 1.807) is 35.2 Å². The maximum atomic E-state index is 11.1. The van der Waals surface area contributed by atoms with E-state index in [2.05, 4.69) is 24.5 Å². The van der Waals surface area contributed by atoms with Crippen molar-refractivity contribution in [2.75, 3.05) is 35.0 Å². The fourth-order valence-electron chi connectivity index (χ4n) is 1.90. The Labute approximate surface area is 187 Å². The van der Waals surface area contributed by atoms with Crippen LogP contribution in [0, 0.1) is 0 Å². The fraction of sp³-hybridized carbons (Fsp3) is 0.391. The highest BCUT2D eigenvalue weighted by Gasteiger charge is 2.36. The van der Waals surface area contributed by atoms with Crippen molar-refractivity contribution < 1.29 is 32.3 Å². The number of carbonyl (C=O) groups excluding carboxylic acids is 2. The molecule has 1 aromatic carbocycles. The Balaban J connectivity index is 0. The van der Waals surface area contributed by atoms with E-state index in [1.165, 1.54) is 12.7 Å². The van der Waals surface area contributed by atoms with Crippen LogP contribution in [-0.4, -0.2) is 55.8 Å². The Morgan fingerprint density at radius 2 is 1.39 bits per heavy atom. The van der Waals surface area contributed by atoms with Crippen molar-refractivity contribution in [3.05, 3.63) is 66.8 Å². The van der Waals surface area contributed by atoms with Crippen LogP contribution < -0.4 is 0 Å². The summed E-state index contributed by atoms with van der Waals surface area (Å²) in [6, 6.07) is 10.6. The molecular weight excluding hydrogens is 416 g/mol. The molecule has 7 nitrogen and oxygen atoms in total. The van der Waals surface area contributed by atoms with Crippen LogP contribution in [0.5, 0.6) is 0 Å². The predicted octanol–water partition coefficient (Wildman–Crippen LogP) is 4.44. The van der Waals surface area contributed by atoms with Crippen molar-refractivity contribution in [2.45, 2.75) is 26.3 Å². The van der Waals surface area contributed by atoms with Gasteiger partial charge in [-0.15, -0.1) is 0 Å². The molecule has 8 heteroatoms. The second kappa shape index (κ2) is 18.3. The van der Waals surface area contributed by atoms with Crippen LogP contribution >= 0.6 is 0 Å². The lowest BCUT2D eigenvalue weighted by atomic mass is 10.2. The molecule has 1 aromatic rings. The van der Waals surface area contributed by atoms with Crippen molar-refractivity contribution in [1.82, 2.24) is 0 Å². The molecule has 0 saturated heterocycles. The summed E-state index contributed by atoms with van der Waals surface area (Å²) in [5.74, 6) is -0.723. The van der Waals surface area contributed by atoms with Crippen LogP contribution in [0.15, 0.2) is 61.2 Å². The standard InChI is InChI=1S/C10H20O5Si.C8H8.C5H8O2/c1-9(2)10(11)15-7-6-8-16(12-3,13-4)14-5;1-2-8-6-4-3-5-7-8;1-4(2)5(6)7-3/h1,6-8H2,2-5H3;2-7H,1H2;1H2,2-3H3. The van der Waals surface area contributed by atoms with E-state index in [0.29, 0.717) is 30.2 Å². The van der Waals surface area contributed by atoms with Crippen molar-refractivity contribution in [1.29, 1.82) is 0 Å². The van der Waals surface area contributed by atoms with Gasteiger partial charge in [-0.25, -0.2) is 9.59 Å². The summed E-state index contributed by atoms with van der Waals surface area (Å²) in [6.07, 6.45) is 2.47. The average molecular weight is 453 g/mol. The lowest BCUT2D eigenvalue weighted by Gasteiger charge is -2.24. The van der Waals surface area contributed by atoms with Gasteiger partial charge in [0.05, 0.1) is 13.7 Å². The van der Waals surface area contributed by atoms with Gasteiger partial charge in [0.1, 0.15) is 0 Å². The fourth-order valence-corrected chi connectivity index (χ4v) is 3.59. The summed E-state index contributed by atoms with van der Waals surface area (Å²) in [7, 11) is 3.46. The van der Waals surface area contributed by atoms with Gasteiger partial charge >= 0.3 is 20.7 Å². The number of hydrogen-bond donors (Lipinski definition) is 0. The van der Waals surface area contributed by atoms with Crippen LogP contribution in [0.2, 0.25) is 6.04 Å². The van der Waals surface area contributed by atoms with Crippen molar-refractivity contribution in [3.8, 4) is 0 Å². The van der Waals surface area contributed by atoms with Gasteiger partial charge in [-0.2, -0.15) is 0 Å². The minimum Gasteiger partial charge on any atom is -0.466 e. The summed E-state index contributed by atoms with van der Waals surface area (Å²) in [4.78, 5) is 21.3. The first-order valence-corrected chi connectivity index (χ1v) is 11.5. The third kappa shape index (κ3) is 15.0. The highest BCUT2D eigenvalue weighted by Crippen LogP contribution is 2.14. The number of benzene rings is 1. The van der Waals surface area contributed by atoms with Gasteiger partial charge < -0.3 is 22.8 Å². The normalized spacial score (nSPS) is 9.74. The van der Waals surface area contributed by atoms with Crippen LogP contribution in [0.4, 0.5) is 0 Å². The maximum Gasteiger partial charge on any atom is 0.500 e. The lowest BCUT2D eigenvalue weighted by Crippen LogP contribution is -2.42. The molecule has 0 N–H and O–H groups in total. The quantitative estimate of drug-likeness (QED) is 0.225. The molecule has 0 amide bonds. The Morgan fingerprint density at radius 1 is 0.903 bits per heavy atom. The molecule has 0 aliphatic rings. The third-order valence-corrected chi connectivity index (χ3v) is 6.54. The number of hydrogen-bond acceptors (Lipinski definition) is 7. The van der Waals surface area contributed by atoms with Gasteiger partial charge in [-0.05, 0) is 25.8 Å². The summed E-state index contributed by atoms with van der Waals surface area (Å²) in [5, 5.41) is 0. The van der Waals surface area contributed by atoms with Crippen molar-refractivity contribution in [2.24, 2.45) is 0 Å². The average Bonchev–Trinajstić information content (AvgIpc) is 2.80. The summed E-state index contributed by atoms with van der Waals surface area (Å²) >= 11 is 0. The largest absolute Gasteiger partial charge is 0.500 e. The molecule has 0 fully saturated rings. The smallest absolute Gasteiger partial charge is 0.466 e. The van der Waals surface area contributed by atoms with E-state index in [-0.39, 0.29) is 11.9 Å². The number of carbonyl (C=O) groups is 2. The molecule has 0 atom stereocenters. The lowest BCUT2D eigenvalue weighted by molar-refractivity contribution is -0.139. The first kappa shape index (κ1) is 30.7. The molecule has 0 unspecified atom stereocenters. The van der Waals surface area contributed by atoms with Crippen LogP contribution in [0.25, 0.3) is 6.08 Å². The topological polar surface area (TPSA) is 80.3 Å². The van der Waals surface area contributed by atoms with E-state index in [0.717, 1.165) is 0 Å². The first-order chi connectivity index (χ1) is 14.6. The molecular formula is C23H36O7Si. The van der Waals surface area contributed by atoms with E-state index in [4.69, 9.17) is 18.0 Å². The molecule has 0 bridgehead atoms. The summed E-state index contributed by atoms with van der Waals surface area (Å²) in [6.45, 7) is 14.0. The highest BCUT2D eigenvalue weighted by atomic mass is 28.4. The van der Waals surface area contributed by atoms with Gasteiger partial charge in [0, 0.05) is 38.5 Å². The molecule has 0 aliphatic heterocycles. The number of methoxy groups -OCH3 is 1. The zero-order valence-corrected chi connectivity index (χ0v) is 20.6. The Bertz CT molecular complexity index is 674. The van der Waals surface area contributed by atoms with Gasteiger partial charge in [0.15, 0.2) is 0 Å². The molecule has 0 spiro atoms. The number of esters is 2. The second-order valence-electron chi connectivity index (χ2n) is 6.20. The van der Waals surface area contributed by atoms with Gasteiger partial charge in [0.25, 0.3) is 0 Å². The van der Waals surface area contributed by atoms with Crippen LogP contribution in [0.1, 0.15) is 25.8 Å². The van der Waals surface area contributed by atoms with Crippen LogP contribution in [0.3, 0.4) is 0 Å². The monoisotopic (exact) mass is 452 g/mol. The zero-order valence-electron chi connectivity index (χ0n) is 19.6. The first-order valence-electron chi connectivity index (χ1n) is 9.52. The number of rotatable bonds is 10. The SMILES string of the molecule is C=C(C)C(=O)OC.C=C(C)C(=O)OCCC[Si](OC)(OC)OC.C=Cc1ccccc1. The molecule has 0 heterocycles. The van der Waals surface area contributed by atoms with E-state index in [1.807, 2.05) is 36.4 Å². The zero-order chi connectivity index (χ0) is 24.3. The van der Waals surface area contributed by atoms with Crippen molar-refractivity contribution >= 4 is 26.8 Å². The van der Waals surface area contributed by atoms with Gasteiger partial charge in [0.2, 0.25) is 0 Å². The van der Waals surface area contributed by atoms with Crippen molar-refractivity contribution in [3.63, 3.8) is 0 Å². The molecule has 31 heavy (non-hydrogen) atoms. The van der Waals surface area contributed by atoms with Gasteiger partial charge in [-0.3, -0.25) is 0 Å². The minimum atomic E-state index is -2.53. The maximum absolute atomic E-state index is 11.1. The Morgan fingerprint density at radius 3 is 1.68 bits per heavy atom. The van der Waals surface area contributed by atoms with E-state index in [9.17, 15) is 9.59 Å². The molecule has 174 valence electrons. The van der Waals surface area contributed by atoms with Gasteiger partial charge in [-0.1, -0.05) is 56.1 Å². The van der Waals surface area contributed by atoms with E-state index >= 15 is 0 Å². The predicted molar refractivity (Wildman–Crippen MR) is 125 cm³/mol.